The fourth-order valence-electron chi connectivity index (χ4n) is 3.91. The Labute approximate surface area is 207 Å². The van der Waals surface area contributed by atoms with Crippen molar-refractivity contribution in [3.63, 3.8) is 0 Å². The lowest BCUT2D eigenvalue weighted by Gasteiger charge is -2.22. The van der Waals surface area contributed by atoms with Crippen molar-refractivity contribution in [2.45, 2.75) is 19.9 Å². The molecule has 0 saturated carbocycles. The number of nitrogens with one attached hydrogen (secondary N) is 1. The molecule has 1 N–H and O–H groups in total. The van der Waals surface area contributed by atoms with Crippen LogP contribution in [0.1, 0.15) is 17.0 Å². The number of benzene rings is 2. The summed E-state index contributed by atoms with van der Waals surface area (Å²) in [4.78, 5) is 20.7. The SMILES string of the molecule is COc1ccccc1NC(=O)N(CCc1csc2nc(-c3ccc(C)cc3)cn12)Cc1ccco1. The van der Waals surface area contributed by atoms with E-state index in [1.54, 1.807) is 29.6 Å². The topological polar surface area (TPSA) is 72.0 Å². The van der Waals surface area contributed by atoms with Gasteiger partial charge in [0.25, 0.3) is 0 Å². The minimum Gasteiger partial charge on any atom is -0.495 e. The molecule has 0 bridgehead atoms. The average Bonchev–Trinajstić information content (AvgIpc) is 3.61. The van der Waals surface area contributed by atoms with Crippen molar-refractivity contribution in [1.82, 2.24) is 14.3 Å². The molecule has 0 unspecified atom stereocenters. The minimum absolute atomic E-state index is 0.219. The first kappa shape index (κ1) is 22.7. The normalized spacial score (nSPS) is 11.0. The van der Waals surface area contributed by atoms with Crippen LogP contribution in [-0.4, -0.2) is 34.0 Å². The van der Waals surface area contributed by atoms with E-state index in [0.717, 1.165) is 27.7 Å². The van der Waals surface area contributed by atoms with Crippen molar-refractivity contribution in [2.75, 3.05) is 19.0 Å². The van der Waals surface area contributed by atoms with Gasteiger partial charge < -0.3 is 19.4 Å². The Kier molecular flexibility index (Phi) is 6.54. The first-order valence-corrected chi connectivity index (χ1v) is 12.2. The van der Waals surface area contributed by atoms with Gasteiger partial charge in [0.2, 0.25) is 0 Å². The number of rotatable bonds is 8. The maximum Gasteiger partial charge on any atom is 0.322 e. The van der Waals surface area contributed by atoms with Gasteiger partial charge in [0.05, 0.1) is 31.3 Å². The predicted molar refractivity (Wildman–Crippen MR) is 138 cm³/mol. The van der Waals surface area contributed by atoms with Crippen LogP contribution in [-0.2, 0) is 13.0 Å². The number of nitrogens with zero attached hydrogens (tertiary/aromatic N) is 3. The number of aryl methyl sites for hydroxylation is 1. The number of amides is 2. The molecule has 0 saturated heterocycles. The molecule has 3 heterocycles. The highest BCUT2D eigenvalue weighted by Crippen LogP contribution is 2.26. The second-order valence-corrected chi connectivity index (χ2v) is 9.09. The number of methoxy groups -OCH3 is 1. The molecule has 3 aromatic heterocycles. The highest BCUT2D eigenvalue weighted by molar-refractivity contribution is 7.15. The molecule has 0 atom stereocenters. The molecular weight excluding hydrogens is 460 g/mol. The molecule has 178 valence electrons. The van der Waals surface area contributed by atoms with E-state index in [1.807, 2.05) is 36.4 Å². The van der Waals surface area contributed by atoms with Crippen molar-refractivity contribution in [3.05, 3.63) is 95.5 Å². The first-order valence-electron chi connectivity index (χ1n) is 11.3. The number of para-hydroxylation sites is 2. The lowest BCUT2D eigenvalue weighted by molar-refractivity contribution is 0.204. The van der Waals surface area contributed by atoms with Gasteiger partial charge in [-0.15, -0.1) is 11.3 Å². The molecule has 7 nitrogen and oxygen atoms in total. The van der Waals surface area contributed by atoms with E-state index < -0.39 is 0 Å². The van der Waals surface area contributed by atoms with Crippen LogP contribution < -0.4 is 10.1 Å². The number of imidazole rings is 1. The number of carbonyl (C=O) groups is 1. The van der Waals surface area contributed by atoms with Crippen molar-refractivity contribution >= 4 is 28.0 Å². The van der Waals surface area contributed by atoms with Crippen LogP contribution >= 0.6 is 11.3 Å². The summed E-state index contributed by atoms with van der Waals surface area (Å²) in [6.07, 6.45) is 4.35. The largest absolute Gasteiger partial charge is 0.495 e. The number of hydrogen-bond acceptors (Lipinski definition) is 5. The fourth-order valence-corrected chi connectivity index (χ4v) is 4.81. The quantitative estimate of drug-likeness (QED) is 0.281. The Balaban J connectivity index is 1.34. The summed E-state index contributed by atoms with van der Waals surface area (Å²) in [6.45, 7) is 2.94. The van der Waals surface area contributed by atoms with E-state index in [9.17, 15) is 4.79 Å². The van der Waals surface area contributed by atoms with Crippen molar-refractivity contribution in [2.24, 2.45) is 0 Å². The van der Waals surface area contributed by atoms with Crippen molar-refractivity contribution < 1.29 is 13.9 Å². The lowest BCUT2D eigenvalue weighted by Crippen LogP contribution is -2.36. The summed E-state index contributed by atoms with van der Waals surface area (Å²) in [7, 11) is 1.59. The molecular formula is C27H26N4O3S. The third-order valence-electron chi connectivity index (χ3n) is 5.83. The number of aromatic nitrogens is 2. The number of fused-ring (bicyclic) bond motifs is 1. The highest BCUT2D eigenvalue weighted by Gasteiger charge is 2.18. The maximum atomic E-state index is 13.2. The molecule has 0 aliphatic rings. The number of anilines is 1. The molecule has 0 aliphatic carbocycles. The van der Waals surface area contributed by atoms with E-state index in [-0.39, 0.29) is 6.03 Å². The third-order valence-corrected chi connectivity index (χ3v) is 6.72. The summed E-state index contributed by atoms with van der Waals surface area (Å²) in [6, 6.07) is 19.2. The molecule has 8 heteroatoms. The van der Waals surface area contributed by atoms with E-state index in [0.29, 0.717) is 30.9 Å². The molecule has 5 aromatic rings. The fraction of sp³-hybridized carbons (Fsp3) is 0.185. The Bertz CT molecular complexity index is 1420. The number of ether oxygens (including phenoxy) is 1. The number of urea groups is 1. The second-order valence-electron chi connectivity index (χ2n) is 8.25. The van der Waals surface area contributed by atoms with E-state index in [1.165, 1.54) is 5.56 Å². The van der Waals surface area contributed by atoms with Gasteiger partial charge in [-0.1, -0.05) is 42.0 Å². The third kappa shape index (κ3) is 5.07. The number of carbonyl (C=O) groups excluding carboxylic acids is 1. The Morgan fingerprint density at radius 3 is 2.74 bits per heavy atom. The van der Waals surface area contributed by atoms with Crippen LogP contribution in [0.2, 0.25) is 0 Å². The molecule has 2 amide bonds. The van der Waals surface area contributed by atoms with Crippen LogP contribution in [0.4, 0.5) is 10.5 Å². The van der Waals surface area contributed by atoms with Gasteiger partial charge in [-0.3, -0.25) is 4.40 Å². The monoisotopic (exact) mass is 486 g/mol. The van der Waals surface area contributed by atoms with Crippen molar-refractivity contribution in [1.29, 1.82) is 0 Å². The van der Waals surface area contributed by atoms with Gasteiger partial charge in [-0.05, 0) is 31.2 Å². The van der Waals surface area contributed by atoms with Crippen LogP contribution in [0.3, 0.4) is 0 Å². The zero-order valence-electron chi connectivity index (χ0n) is 19.6. The molecule has 5 rings (SSSR count). The van der Waals surface area contributed by atoms with Gasteiger partial charge in [0.1, 0.15) is 11.5 Å². The number of thiazole rings is 1. The summed E-state index contributed by atoms with van der Waals surface area (Å²) in [5.41, 5.74) is 4.98. The Morgan fingerprint density at radius 2 is 1.97 bits per heavy atom. The summed E-state index contributed by atoms with van der Waals surface area (Å²) >= 11 is 1.60. The van der Waals surface area contributed by atoms with Crippen LogP contribution in [0.15, 0.2) is 82.9 Å². The van der Waals surface area contributed by atoms with Gasteiger partial charge >= 0.3 is 6.03 Å². The van der Waals surface area contributed by atoms with Gasteiger partial charge in [0.15, 0.2) is 4.96 Å². The molecule has 0 spiro atoms. The van der Waals surface area contributed by atoms with Gasteiger partial charge in [-0.25, -0.2) is 9.78 Å². The van der Waals surface area contributed by atoms with Crippen LogP contribution in [0.25, 0.3) is 16.2 Å². The molecule has 0 radical (unpaired) electrons. The second kappa shape index (κ2) is 10.1. The van der Waals surface area contributed by atoms with Gasteiger partial charge in [-0.2, -0.15) is 0 Å². The maximum absolute atomic E-state index is 13.2. The zero-order chi connectivity index (χ0) is 24.2. The summed E-state index contributed by atoms with van der Waals surface area (Å²) in [5, 5.41) is 5.08. The molecule has 0 fully saturated rings. The summed E-state index contributed by atoms with van der Waals surface area (Å²) in [5.74, 6) is 1.33. The summed E-state index contributed by atoms with van der Waals surface area (Å²) < 4.78 is 13.0. The van der Waals surface area contributed by atoms with E-state index in [2.05, 4.69) is 52.5 Å². The highest BCUT2D eigenvalue weighted by atomic mass is 32.1. The van der Waals surface area contributed by atoms with E-state index >= 15 is 0 Å². The van der Waals surface area contributed by atoms with E-state index in [4.69, 9.17) is 14.1 Å². The molecule has 35 heavy (non-hydrogen) atoms. The first-order chi connectivity index (χ1) is 17.1. The number of furan rings is 1. The lowest BCUT2D eigenvalue weighted by atomic mass is 10.1. The van der Waals surface area contributed by atoms with Crippen LogP contribution in [0.5, 0.6) is 5.75 Å². The van der Waals surface area contributed by atoms with Crippen molar-refractivity contribution in [3.8, 4) is 17.0 Å². The Morgan fingerprint density at radius 1 is 1.14 bits per heavy atom. The Hall–Kier alpha value is -4.04. The average molecular weight is 487 g/mol. The van der Waals surface area contributed by atoms with Gasteiger partial charge in [0, 0.05) is 35.8 Å². The minimum atomic E-state index is -0.219. The number of hydrogen-bond donors (Lipinski definition) is 1. The predicted octanol–water partition coefficient (Wildman–Crippen LogP) is 6.25. The molecule has 0 aliphatic heterocycles. The smallest absolute Gasteiger partial charge is 0.322 e. The molecule has 2 aromatic carbocycles. The zero-order valence-corrected chi connectivity index (χ0v) is 20.4. The van der Waals surface area contributed by atoms with Crippen LogP contribution in [0, 0.1) is 6.92 Å². The standard InChI is InChI=1S/C27H26N4O3S/c1-19-9-11-20(12-10-19)24-17-31-21(18-35-27(31)29-24)13-14-30(16-22-6-5-15-34-22)26(32)28-23-7-3-4-8-25(23)33-2/h3-12,15,17-18H,13-14,16H2,1-2H3,(H,28,32).